The zero-order chi connectivity index (χ0) is 18.4. The zero-order valence-corrected chi connectivity index (χ0v) is 16.3. The van der Waals surface area contributed by atoms with Gasteiger partial charge in [0.1, 0.15) is 0 Å². The van der Waals surface area contributed by atoms with E-state index in [1.54, 1.807) is 0 Å². The summed E-state index contributed by atoms with van der Waals surface area (Å²) >= 11 is 0. The fourth-order valence-corrected chi connectivity index (χ4v) is 4.84. The lowest BCUT2D eigenvalue weighted by Gasteiger charge is -2.40. The highest BCUT2D eigenvalue weighted by Gasteiger charge is 2.37. The maximum Gasteiger partial charge on any atom is 0.230 e. The van der Waals surface area contributed by atoms with Crippen LogP contribution < -0.4 is 5.59 Å². The summed E-state index contributed by atoms with van der Waals surface area (Å²) in [6.07, 6.45) is 3.30. The highest BCUT2D eigenvalue weighted by molar-refractivity contribution is 6.52. The van der Waals surface area contributed by atoms with Crippen LogP contribution in [-0.2, 0) is 11.2 Å². The third-order valence-corrected chi connectivity index (χ3v) is 6.23. The molecule has 4 nitrogen and oxygen atoms in total. The second-order valence-corrected chi connectivity index (χ2v) is 7.56. The number of rotatable bonds is 4. The van der Waals surface area contributed by atoms with Crippen LogP contribution in [0.3, 0.4) is 0 Å². The third-order valence-electron chi connectivity index (χ3n) is 6.23. The number of H-pyrrole nitrogens is 1. The zero-order valence-electron chi connectivity index (χ0n) is 16.3. The number of nitrogens with one attached hydrogen (secondary N) is 1. The number of aromatic nitrogens is 1. The molecule has 4 rings (SSSR count). The molecule has 1 N–H and O–H groups in total. The van der Waals surface area contributed by atoms with Gasteiger partial charge in [0.05, 0.1) is 5.92 Å². The smallest absolute Gasteiger partial charge is 0.230 e. The van der Waals surface area contributed by atoms with Gasteiger partial charge in [0.15, 0.2) is 7.28 Å². The Hall–Kier alpha value is -2.01. The van der Waals surface area contributed by atoms with Crippen molar-refractivity contribution in [1.82, 2.24) is 14.8 Å². The van der Waals surface area contributed by atoms with Gasteiger partial charge in [0.2, 0.25) is 5.91 Å². The van der Waals surface area contributed by atoms with Crippen LogP contribution in [0.5, 0.6) is 0 Å². The van der Waals surface area contributed by atoms with E-state index in [2.05, 4.69) is 61.9 Å². The molecule has 1 aromatic heterocycles. The van der Waals surface area contributed by atoms with Crippen LogP contribution in [0.15, 0.2) is 24.3 Å². The molecule has 26 heavy (non-hydrogen) atoms. The summed E-state index contributed by atoms with van der Waals surface area (Å²) in [5, 5.41) is 1.37. The third kappa shape index (κ3) is 2.52. The van der Waals surface area contributed by atoms with E-state index < -0.39 is 0 Å². The Labute approximate surface area is 156 Å². The maximum absolute atomic E-state index is 13.0. The van der Waals surface area contributed by atoms with E-state index in [4.69, 9.17) is 0 Å². The van der Waals surface area contributed by atoms with Crippen molar-refractivity contribution in [3.8, 4) is 0 Å². The summed E-state index contributed by atoms with van der Waals surface area (Å²) in [7, 11) is 3.20. The number of amides is 1. The first-order valence-corrected chi connectivity index (χ1v) is 9.92. The van der Waals surface area contributed by atoms with E-state index in [0.29, 0.717) is 6.04 Å². The Bertz CT molecular complexity index is 881. The van der Waals surface area contributed by atoms with Gasteiger partial charge in [0.25, 0.3) is 0 Å². The topological polar surface area (TPSA) is 39.3 Å². The van der Waals surface area contributed by atoms with Crippen LogP contribution in [0, 0.1) is 5.92 Å². The molecular formula is C21H28BN3O. The molecule has 2 atom stereocenters. The SMILES string of the molecule is CBc1[nH]c2cccc3c2c1C[C@H]1C3=C[C@@H](C(=O)N(CC)CC)CN1C. The first kappa shape index (κ1) is 17.4. The number of fused-ring (bicyclic) bond motifs is 2. The Morgan fingerprint density at radius 3 is 2.81 bits per heavy atom. The summed E-state index contributed by atoms with van der Waals surface area (Å²) in [6.45, 7) is 8.70. The maximum atomic E-state index is 13.0. The van der Waals surface area contributed by atoms with E-state index in [0.717, 1.165) is 33.3 Å². The first-order valence-electron chi connectivity index (χ1n) is 9.92. The van der Waals surface area contributed by atoms with E-state index >= 15 is 0 Å². The van der Waals surface area contributed by atoms with E-state index in [-0.39, 0.29) is 11.8 Å². The molecule has 2 aromatic rings. The first-order chi connectivity index (χ1) is 12.6. The molecule has 136 valence electrons. The van der Waals surface area contributed by atoms with Crippen LogP contribution in [-0.4, -0.2) is 60.7 Å². The minimum absolute atomic E-state index is 0.0486. The fraction of sp³-hybridized carbons (Fsp3) is 0.476. The number of hydrogen-bond acceptors (Lipinski definition) is 2. The molecule has 1 aliphatic heterocycles. The molecule has 1 aliphatic carbocycles. The molecule has 0 saturated carbocycles. The summed E-state index contributed by atoms with van der Waals surface area (Å²) in [6, 6.07) is 6.91. The van der Waals surface area contributed by atoms with E-state index in [1.807, 2.05) is 4.90 Å². The van der Waals surface area contributed by atoms with Crippen molar-refractivity contribution in [3.05, 3.63) is 35.4 Å². The Morgan fingerprint density at radius 2 is 2.12 bits per heavy atom. The predicted molar refractivity (Wildman–Crippen MR) is 110 cm³/mol. The Morgan fingerprint density at radius 1 is 1.35 bits per heavy atom. The number of carbonyl (C=O) groups is 1. The number of likely N-dealkylation sites (N-methyl/N-ethyl adjacent to an activating group) is 1. The van der Waals surface area contributed by atoms with Gasteiger partial charge >= 0.3 is 0 Å². The monoisotopic (exact) mass is 349 g/mol. The van der Waals surface area contributed by atoms with Gasteiger partial charge in [0, 0.05) is 36.6 Å². The van der Waals surface area contributed by atoms with Crippen LogP contribution >= 0.6 is 0 Å². The standard InChI is InChI=1S/C21H28BN3O/c1-5-25(6-2)21(26)13-10-15-14-8-7-9-17-19(14)16(20(22-3)23-17)11-18(15)24(4)12-13/h7-10,13,18,22-23H,5-6,11-12H2,1-4H3/t13-,18+/m1/s1. The number of benzene rings is 1. The van der Waals surface area contributed by atoms with Gasteiger partial charge in [-0.25, -0.2) is 0 Å². The van der Waals surface area contributed by atoms with Crippen LogP contribution in [0.25, 0.3) is 16.5 Å². The normalized spacial score (nSPS) is 22.1. The van der Waals surface area contributed by atoms with Gasteiger partial charge in [-0.3, -0.25) is 9.69 Å². The molecular weight excluding hydrogens is 321 g/mol. The number of aromatic amines is 1. The van der Waals surface area contributed by atoms with Gasteiger partial charge in [-0.05, 0) is 55.7 Å². The Kier molecular flexibility index (Phi) is 4.43. The highest BCUT2D eigenvalue weighted by Crippen LogP contribution is 2.40. The molecule has 0 spiro atoms. The number of carbonyl (C=O) groups excluding carboxylic acids is 1. The van der Waals surface area contributed by atoms with Crippen LogP contribution in [0.2, 0.25) is 6.82 Å². The van der Waals surface area contributed by atoms with Crippen molar-refractivity contribution >= 4 is 35.3 Å². The van der Waals surface area contributed by atoms with Crippen LogP contribution in [0.4, 0.5) is 0 Å². The van der Waals surface area contributed by atoms with Gasteiger partial charge in [-0.1, -0.05) is 25.0 Å². The molecule has 1 amide bonds. The van der Waals surface area contributed by atoms with Gasteiger partial charge < -0.3 is 9.88 Å². The fourth-order valence-electron chi connectivity index (χ4n) is 4.84. The average Bonchev–Trinajstić information content (AvgIpc) is 3.02. The van der Waals surface area contributed by atoms with Crippen LogP contribution in [0.1, 0.15) is 25.0 Å². The lowest BCUT2D eigenvalue weighted by molar-refractivity contribution is -0.134. The summed E-state index contributed by atoms with van der Waals surface area (Å²) in [5.41, 5.74) is 6.72. The molecule has 0 fully saturated rings. The second kappa shape index (κ2) is 6.62. The Balaban J connectivity index is 1.83. The van der Waals surface area contributed by atoms with Crippen molar-refractivity contribution in [3.63, 3.8) is 0 Å². The molecule has 0 radical (unpaired) electrons. The van der Waals surface area contributed by atoms with Crippen molar-refractivity contribution in [1.29, 1.82) is 0 Å². The summed E-state index contributed by atoms with van der Waals surface area (Å²) in [5.74, 6) is 0.210. The molecule has 2 heterocycles. The molecule has 2 aliphatic rings. The lowest BCUT2D eigenvalue weighted by Crippen LogP contribution is -2.48. The largest absolute Gasteiger partial charge is 0.367 e. The van der Waals surface area contributed by atoms with Crippen molar-refractivity contribution < 1.29 is 4.79 Å². The highest BCUT2D eigenvalue weighted by atomic mass is 16.2. The number of nitrogens with zero attached hydrogens (tertiary/aromatic N) is 2. The minimum Gasteiger partial charge on any atom is -0.367 e. The summed E-state index contributed by atoms with van der Waals surface area (Å²) < 4.78 is 0. The molecule has 1 aromatic carbocycles. The minimum atomic E-state index is -0.0486. The number of hydrogen-bond donors (Lipinski definition) is 1. The second-order valence-electron chi connectivity index (χ2n) is 7.56. The quantitative estimate of drug-likeness (QED) is 0.858. The molecule has 5 heteroatoms. The van der Waals surface area contributed by atoms with Gasteiger partial charge in [-0.15, -0.1) is 0 Å². The molecule has 0 bridgehead atoms. The molecule has 0 unspecified atom stereocenters. The van der Waals surface area contributed by atoms with Crippen molar-refractivity contribution in [2.24, 2.45) is 5.92 Å². The average molecular weight is 349 g/mol. The van der Waals surface area contributed by atoms with Crippen molar-refractivity contribution in [2.75, 3.05) is 26.7 Å². The summed E-state index contributed by atoms with van der Waals surface area (Å²) in [4.78, 5) is 20.9. The molecule has 0 saturated heterocycles. The van der Waals surface area contributed by atoms with Gasteiger partial charge in [-0.2, -0.15) is 0 Å². The van der Waals surface area contributed by atoms with E-state index in [9.17, 15) is 4.79 Å². The van der Waals surface area contributed by atoms with Crippen molar-refractivity contribution in [2.45, 2.75) is 33.1 Å². The lowest BCUT2D eigenvalue weighted by atomic mass is 9.71. The predicted octanol–water partition coefficient (Wildman–Crippen LogP) is 2.02. The van der Waals surface area contributed by atoms with E-state index in [1.165, 1.54) is 33.2 Å².